The Bertz CT molecular complexity index is 288. The third-order valence-corrected chi connectivity index (χ3v) is 3.44. The van der Waals surface area contributed by atoms with Crippen molar-refractivity contribution in [2.24, 2.45) is 0 Å². The molecule has 0 aliphatic rings. The van der Waals surface area contributed by atoms with Crippen LogP contribution in [-0.2, 0) is 0 Å². The monoisotopic (exact) mass is 211 g/mol. The summed E-state index contributed by atoms with van der Waals surface area (Å²) in [7, 11) is 0. The van der Waals surface area contributed by atoms with Crippen LogP contribution in [0.3, 0.4) is 0 Å². The molecule has 1 N–H and O–H groups in total. The van der Waals surface area contributed by atoms with E-state index in [1.807, 2.05) is 16.8 Å². The van der Waals surface area contributed by atoms with Crippen molar-refractivity contribution in [2.75, 3.05) is 0 Å². The Labute approximate surface area is 89.3 Å². The Morgan fingerprint density at radius 3 is 2.57 bits per heavy atom. The van der Waals surface area contributed by atoms with Gasteiger partial charge in [-0.25, -0.2) is 0 Å². The summed E-state index contributed by atoms with van der Waals surface area (Å²) in [5.41, 5.74) is 0.696. The summed E-state index contributed by atoms with van der Waals surface area (Å²) in [4.78, 5) is 11.7. The number of hydrogen-bond donors (Lipinski definition) is 1. The molecule has 0 aromatic carbocycles. The van der Waals surface area contributed by atoms with Crippen molar-refractivity contribution in [1.29, 1.82) is 0 Å². The molecule has 3 heteroatoms. The molecule has 1 aromatic rings. The minimum absolute atomic E-state index is 0.0393. The van der Waals surface area contributed by atoms with Gasteiger partial charge >= 0.3 is 0 Å². The average Bonchev–Trinajstić information content (AvgIpc) is 2.70. The van der Waals surface area contributed by atoms with E-state index in [1.165, 1.54) is 0 Å². The Morgan fingerprint density at radius 1 is 1.50 bits per heavy atom. The highest BCUT2D eigenvalue weighted by atomic mass is 32.1. The summed E-state index contributed by atoms with van der Waals surface area (Å²) in [6.07, 6.45) is 1.92. The first-order valence-corrected chi connectivity index (χ1v) is 5.90. The van der Waals surface area contributed by atoms with E-state index in [4.69, 9.17) is 0 Å². The molecule has 1 heterocycles. The maximum Gasteiger partial charge on any atom is 0.252 e. The highest BCUT2D eigenvalue weighted by Gasteiger charge is 2.22. The molecular formula is C11H17NOS. The quantitative estimate of drug-likeness (QED) is 0.814. The van der Waals surface area contributed by atoms with Gasteiger partial charge in [0, 0.05) is 10.9 Å². The zero-order valence-electron chi connectivity index (χ0n) is 8.96. The van der Waals surface area contributed by atoms with E-state index in [1.54, 1.807) is 11.3 Å². The number of nitrogens with one attached hydrogen (secondary N) is 1. The van der Waals surface area contributed by atoms with Gasteiger partial charge in [-0.3, -0.25) is 4.79 Å². The van der Waals surface area contributed by atoms with Crippen LogP contribution in [0.4, 0.5) is 0 Å². The molecule has 0 aliphatic heterocycles. The van der Waals surface area contributed by atoms with Crippen LogP contribution in [0, 0.1) is 0 Å². The van der Waals surface area contributed by atoms with E-state index in [2.05, 4.69) is 26.1 Å². The van der Waals surface area contributed by atoms with Crippen molar-refractivity contribution in [1.82, 2.24) is 5.32 Å². The molecule has 0 radical (unpaired) electrons. The Balaban J connectivity index is 2.65. The maximum atomic E-state index is 11.7. The van der Waals surface area contributed by atoms with E-state index in [-0.39, 0.29) is 11.4 Å². The molecule has 0 aliphatic carbocycles. The van der Waals surface area contributed by atoms with Crippen LogP contribution >= 0.6 is 11.3 Å². The number of thiophene rings is 1. The molecule has 1 amide bonds. The summed E-state index contributed by atoms with van der Waals surface area (Å²) < 4.78 is 0. The van der Waals surface area contributed by atoms with E-state index < -0.39 is 0 Å². The van der Waals surface area contributed by atoms with Gasteiger partial charge in [-0.1, -0.05) is 13.8 Å². The van der Waals surface area contributed by atoms with E-state index in [0.29, 0.717) is 0 Å². The van der Waals surface area contributed by atoms with Gasteiger partial charge in [0.15, 0.2) is 0 Å². The van der Waals surface area contributed by atoms with Gasteiger partial charge in [0.1, 0.15) is 0 Å². The van der Waals surface area contributed by atoms with Crippen LogP contribution in [0.2, 0.25) is 0 Å². The van der Waals surface area contributed by atoms with Crippen LogP contribution in [0.5, 0.6) is 0 Å². The topological polar surface area (TPSA) is 29.1 Å². The normalized spacial score (nSPS) is 11.4. The fourth-order valence-corrected chi connectivity index (χ4v) is 1.80. The minimum atomic E-state index is -0.0704. The summed E-state index contributed by atoms with van der Waals surface area (Å²) in [5, 5.41) is 6.86. The second-order valence-corrected chi connectivity index (χ2v) is 4.51. The summed E-state index contributed by atoms with van der Waals surface area (Å²) >= 11 is 1.55. The Morgan fingerprint density at radius 2 is 2.14 bits per heavy atom. The van der Waals surface area contributed by atoms with Gasteiger partial charge in [0.2, 0.25) is 0 Å². The lowest BCUT2D eigenvalue weighted by Crippen LogP contribution is -2.44. The van der Waals surface area contributed by atoms with Gasteiger partial charge in [-0.05, 0) is 31.2 Å². The van der Waals surface area contributed by atoms with Crippen LogP contribution in [0.1, 0.15) is 44.0 Å². The van der Waals surface area contributed by atoms with Gasteiger partial charge < -0.3 is 5.32 Å². The lowest BCUT2D eigenvalue weighted by molar-refractivity contribution is 0.0901. The van der Waals surface area contributed by atoms with Crippen LogP contribution in [0.15, 0.2) is 16.8 Å². The highest BCUT2D eigenvalue weighted by Crippen LogP contribution is 2.15. The first kappa shape index (κ1) is 11.2. The number of amides is 1. The van der Waals surface area contributed by atoms with Crippen molar-refractivity contribution in [2.45, 2.75) is 39.2 Å². The highest BCUT2D eigenvalue weighted by molar-refractivity contribution is 7.08. The van der Waals surface area contributed by atoms with E-state index in [0.717, 1.165) is 18.4 Å². The van der Waals surface area contributed by atoms with Crippen molar-refractivity contribution >= 4 is 17.2 Å². The lowest BCUT2D eigenvalue weighted by Gasteiger charge is -2.27. The fourth-order valence-electron chi connectivity index (χ4n) is 1.17. The molecule has 1 aromatic heterocycles. The first-order valence-electron chi connectivity index (χ1n) is 4.96. The molecule has 0 unspecified atom stereocenters. The smallest absolute Gasteiger partial charge is 0.252 e. The Kier molecular flexibility index (Phi) is 3.69. The number of carbonyl (C=O) groups is 1. The number of rotatable bonds is 4. The van der Waals surface area contributed by atoms with Gasteiger partial charge in [-0.15, -0.1) is 0 Å². The molecule has 0 saturated carbocycles. The second-order valence-electron chi connectivity index (χ2n) is 3.73. The van der Waals surface area contributed by atoms with Crippen LogP contribution in [0.25, 0.3) is 0 Å². The first-order chi connectivity index (χ1) is 6.61. The maximum absolute atomic E-state index is 11.7. The zero-order chi connectivity index (χ0) is 10.6. The van der Waals surface area contributed by atoms with Crippen molar-refractivity contribution in [3.8, 4) is 0 Å². The van der Waals surface area contributed by atoms with Gasteiger partial charge in [0.05, 0.1) is 5.56 Å². The summed E-state index contributed by atoms with van der Waals surface area (Å²) in [6.45, 7) is 6.27. The van der Waals surface area contributed by atoms with Gasteiger partial charge in [-0.2, -0.15) is 11.3 Å². The second kappa shape index (κ2) is 4.60. The molecule has 2 nitrogen and oxygen atoms in total. The molecule has 0 spiro atoms. The predicted molar refractivity (Wildman–Crippen MR) is 60.8 cm³/mol. The third kappa shape index (κ3) is 2.58. The molecule has 78 valence electrons. The molecule has 0 saturated heterocycles. The zero-order valence-corrected chi connectivity index (χ0v) is 9.78. The van der Waals surface area contributed by atoms with Crippen LogP contribution < -0.4 is 5.32 Å². The van der Waals surface area contributed by atoms with E-state index >= 15 is 0 Å². The summed E-state index contributed by atoms with van der Waals surface area (Å²) in [5.74, 6) is 0.0393. The van der Waals surface area contributed by atoms with Crippen molar-refractivity contribution < 1.29 is 4.79 Å². The van der Waals surface area contributed by atoms with E-state index in [9.17, 15) is 4.79 Å². The average molecular weight is 211 g/mol. The number of hydrogen-bond acceptors (Lipinski definition) is 2. The van der Waals surface area contributed by atoms with Crippen molar-refractivity contribution in [3.63, 3.8) is 0 Å². The number of carbonyl (C=O) groups excluding carboxylic acids is 1. The molecule has 14 heavy (non-hydrogen) atoms. The SMILES string of the molecule is CCC(C)(CC)NC(=O)c1ccsc1. The third-order valence-electron chi connectivity index (χ3n) is 2.76. The predicted octanol–water partition coefficient (Wildman–Crippen LogP) is 3.06. The molecule has 0 fully saturated rings. The van der Waals surface area contributed by atoms with Crippen molar-refractivity contribution in [3.05, 3.63) is 22.4 Å². The Hall–Kier alpha value is -0.830. The van der Waals surface area contributed by atoms with Crippen LogP contribution in [-0.4, -0.2) is 11.4 Å². The molecule has 0 bridgehead atoms. The molecule has 1 rings (SSSR count). The summed E-state index contributed by atoms with van der Waals surface area (Å²) in [6, 6.07) is 1.85. The van der Waals surface area contributed by atoms with Gasteiger partial charge in [0.25, 0.3) is 5.91 Å². The fraction of sp³-hybridized carbons (Fsp3) is 0.545. The molecular weight excluding hydrogens is 194 g/mol. The molecule has 0 atom stereocenters. The largest absolute Gasteiger partial charge is 0.347 e. The lowest BCUT2D eigenvalue weighted by atomic mass is 9.95. The standard InChI is InChI=1S/C11H17NOS/c1-4-11(3,5-2)12-10(13)9-6-7-14-8-9/h6-8H,4-5H2,1-3H3,(H,12,13). The minimum Gasteiger partial charge on any atom is -0.347 e.